The van der Waals surface area contributed by atoms with Gasteiger partial charge in [-0.25, -0.2) is 0 Å². The first-order valence-electron chi connectivity index (χ1n) is 3.14. The van der Waals surface area contributed by atoms with Crippen LogP contribution in [0, 0.1) is 0 Å². The highest BCUT2D eigenvalue weighted by molar-refractivity contribution is 7.99. The van der Waals surface area contributed by atoms with E-state index in [-0.39, 0.29) is 24.9 Å². The third-order valence-electron chi connectivity index (χ3n) is 0.910. The zero-order valence-electron chi connectivity index (χ0n) is 6.32. The van der Waals surface area contributed by atoms with Crippen LogP contribution in [0.2, 0.25) is 0 Å². The van der Waals surface area contributed by atoms with Gasteiger partial charge >= 0.3 is 5.97 Å². The van der Waals surface area contributed by atoms with Crippen molar-refractivity contribution in [1.82, 2.24) is 0 Å². The summed E-state index contributed by atoms with van der Waals surface area (Å²) in [4.78, 5) is 10.6. The Kier molecular flexibility index (Phi) is 6.30. The van der Waals surface area contributed by atoms with Crippen molar-refractivity contribution in [2.45, 2.75) is 6.10 Å². The highest BCUT2D eigenvalue weighted by Gasteiger charge is 2.05. The van der Waals surface area contributed by atoms with E-state index in [2.05, 4.69) is 4.74 Å². The summed E-state index contributed by atoms with van der Waals surface area (Å²) in [6.45, 7) is -0.511. The monoisotopic (exact) mass is 180 g/mol. The van der Waals surface area contributed by atoms with Gasteiger partial charge in [0, 0.05) is 0 Å². The smallest absolute Gasteiger partial charge is 0.315 e. The highest BCUT2D eigenvalue weighted by Crippen LogP contribution is 1.93. The molecule has 4 nitrogen and oxygen atoms in total. The third-order valence-corrected chi connectivity index (χ3v) is 1.43. The zero-order valence-corrected chi connectivity index (χ0v) is 7.13. The minimum Gasteiger partial charge on any atom is -0.462 e. The summed E-state index contributed by atoms with van der Waals surface area (Å²) in [6.07, 6.45) is 0.824. The number of hydrogen-bond acceptors (Lipinski definition) is 5. The standard InChI is InChI=1S/C6H12O4S/c1-11-4-6(9)10-3-5(8)2-7/h5,7-8H,2-4H2,1H3. The Morgan fingerprint density at radius 2 is 2.36 bits per heavy atom. The van der Waals surface area contributed by atoms with Gasteiger partial charge in [0.25, 0.3) is 0 Å². The molecule has 0 aromatic rings. The van der Waals surface area contributed by atoms with Gasteiger partial charge < -0.3 is 14.9 Å². The van der Waals surface area contributed by atoms with Gasteiger partial charge in [-0.05, 0) is 6.26 Å². The lowest BCUT2D eigenvalue weighted by Crippen LogP contribution is -2.22. The van der Waals surface area contributed by atoms with E-state index in [1.165, 1.54) is 11.8 Å². The fourth-order valence-electron chi connectivity index (χ4n) is 0.401. The molecular weight excluding hydrogens is 168 g/mol. The molecule has 66 valence electrons. The molecule has 1 unspecified atom stereocenters. The summed E-state index contributed by atoms with van der Waals surface area (Å²) in [5.41, 5.74) is 0. The molecule has 0 saturated heterocycles. The topological polar surface area (TPSA) is 66.8 Å². The molecule has 0 heterocycles. The highest BCUT2D eigenvalue weighted by atomic mass is 32.2. The largest absolute Gasteiger partial charge is 0.462 e. The lowest BCUT2D eigenvalue weighted by Gasteiger charge is -2.06. The van der Waals surface area contributed by atoms with E-state index in [1.54, 1.807) is 6.26 Å². The minimum absolute atomic E-state index is 0.129. The van der Waals surface area contributed by atoms with E-state index < -0.39 is 6.10 Å². The van der Waals surface area contributed by atoms with Crippen LogP contribution in [-0.4, -0.2) is 47.5 Å². The van der Waals surface area contributed by atoms with E-state index in [0.29, 0.717) is 0 Å². The van der Waals surface area contributed by atoms with Gasteiger partial charge in [0.05, 0.1) is 12.4 Å². The molecule has 0 aromatic carbocycles. The molecule has 0 rings (SSSR count). The number of aliphatic hydroxyl groups is 2. The van der Waals surface area contributed by atoms with Crippen LogP contribution in [-0.2, 0) is 9.53 Å². The van der Waals surface area contributed by atoms with Gasteiger partial charge in [0.15, 0.2) is 0 Å². The number of rotatable bonds is 5. The van der Waals surface area contributed by atoms with Crippen molar-refractivity contribution in [2.24, 2.45) is 0 Å². The molecule has 0 amide bonds. The van der Waals surface area contributed by atoms with Crippen LogP contribution in [0.25, 0.3) is 0 Å². The minimum atomic E-state index is -0.958. The molecule has 2 N–H and O–H groups in total. The lowest BCUT2D eigenvalue weighted by atomic mass is 10.4. The Labute approximate surface area is 69.6 Å². The molecule has 0 fully saturated rings. The summed E-state index contributed by atoms with van der Waals surface area (Å²) in [5, 5.41) is 17.1. The van der Waals surface area contributed by atoms with E-state index >= 15 is 0 Å². The van der Waals surface area contributed by atoms with Crippen LogP contribution in [0.4, 0.5) is 0 Å². The molecule has 0 aromatic heterocycles. The van der Waals surface area contributed by atoms with Crippen LogP contribution < -0.4 is 0 Å². The maximum absolute atomic E-state index is 10.6. The fraction of sp³-hybridized carbons (Fsp3) is 0.833. The molecule has 11 heavy (non-hydrogen) atoms. The SMILES string of the molecule is CSCC(=O)OCC(O)CO. The van der Waals surface area contributed by atoms with Gasteiger partial charge in [-0.2, -0.15) is 11.8 Å². The second kappa shape index (κ2) is 6.45. The van der Waals surface area contributed by atoms with Crippen LogP contribution in [0.3, 0.4) is 0 Å². The normalized spacial score (nSPS) is 12.6. The van der Waals surface area contributed by atoms with Crippen molar-refractivity contribution in [2.75, 3.05) is 25.2 Å². The quantitative estimate of drug-likeness (QED) is 0.545. The van der Waals surface area contributed by atoms with Crippen LogP contribution in [0.5, 0.6) is 0 Å². The Bertz CT molecular complexity index is 117. The summed E-state index contributed by atoms with van der Waals surface area (Å²) in [5.74, 6) is -0.0944. The summed E-state index contributed by atoms with van der Waals surface area (Å²) in [6, 6.07) is 0. The fourth-order valence-corrected chi connectivity index (χ4v) is 0.720. The van der Waals surface area contributed by atoms with Crippen LogP contribution in [0.1, 0.15) is 0 Å². The van der Waals surface area contributed by atoms with Crippen molar-refractivity contribution in [3.63, 3.8) is 0 Å². The van der Waals surface area contributed by atoms with E-state index in [0.717, 1.165) is 0 Å². The van der Waals surface area contributed by atoms with Gasteiger partial charge in [-0.1, -0.05) is 0 Å². The molecule has 0 bridgehead atoms. The Morgan fingerprint density at radius 3 is 2.82 bits per heavy atom. The number of thioether (sulfide) groups is 1. The first-order valence-corrected chi connectivity index (χ1v) is 4.53. The number of ether oxygens (including phenoxy) is 1. The number of carbonyl (C=O) groups is 1. The summed E-state index contributed by atoms with van der Waals surface area (Å²) >= 11 is 1.35. The van der Waals surface area contributed by atoms with Crippen molar-refractivity contribution >= 4 is 17.7 Å². The molecule has 0 aliphatic carbocycles. The third kappa shape index (κ3) is 6.15. The Hall–Kier alpha value is -0.260. The number of esters is 1. The number of carbonyl (C=O) groups excluding carboxylic acids is 1. The molecule has 0 aliphatic rings. The molecule has 5 heteroatoms. The van der Waals surface area contributed by atoms with Gasteiger partial charge in [-0.15, -0.1) is 0 Å². The molecule has 0 aliphatic heterocycles. The summed E-state index contributed by atoms with van der Waals surface area (Å²) < 4.78 is 4.57. The van der Waals surface area contributed by atoms with Crippen molar-refractivity contribution < 1.29 is 19.7 Å². The van der Waals surface area contributed by atoms with Gasteiger partial charge in [-0.3, -0.25) is 4.79 Å². The predicted octanol–water partition coefficient (Wildman–Crippen LogP) is -0.754. The van der Waals surface area contributed by atoms with Gasteiger partial charge in [0.2, 0.25) is 0 Å². The first kappa shape index (κ1) is 10.7. The molecular formula is C6H12O4S. The lowest BCUT2D eigenvalue weighted by molar-refractivity contribution is -0.144. The number of hydrogen-bond donors (Lipinski definition) is 2. The molecule has 0 saturated carbocycles. The van der Waals surface area contributed by atoms with Crippen molar-refractivity contribution in [3.8, 4) is 0 Å². The average Bonchev–Trinajstić information content (AvgIpc) is 2.01. The van der Waals surface area contributed by atoms with E-state index in [9.17, 15) is 4.79 Å². The molecule has 0 radical (unpaired) electrons. The molecule has 1 atom stereocenters. The van der Waals surface area contributed by atoms with E-state index in [4.69, 9.17) is 10.2 Å². The second-order valence-corrected chi connectivity index (χ2v) is 2.82. The maximum atomic E-state index is 10.6. The number of aliphatic hydroxyl groups excluding tert-OH is 2. The molecule has 0 spiro atoms. The second-order valence-electron chi connectivity index (χ2n) is 1.95. The predicted molar refractivity (Wildman–Crippen MR) is 42.4 cm³/mol. The maximum Gasteiger partial charge on any atom is 0.315 e. The Balaban J connectivity index is 3.30. The average molecular weight is 180 g/mol. The summed E-state index contributed by atoms with van der Waals surface area (Å²) in [7, 11) is 0. The van der Waals surface area contributed by atoms with Gasteiger partial charge in [0.1, 0.15) is 12.7 Å². The van der Waals surface area contributed by atoms with E-state index in [1.807, 2.05) is 0 Å². The van der Waals surface area contributed by atoms with Crippen LogP contribution in [0.15, 0.2) is 0 Å². The van der Waals surface area contributed by atoms with Crippen LogP contribution >= 0.6 is 11.8 Å². The Morgan fingerprint density at radius 1 is 1.73 bits per heavy atom. The van der Waals surface area contributed by atoms with Crippen molar-refractivity contribution in [1.29, 1.82) is 0 Å². The zero-order chi connectivity index (χ0) is 8.69. The van der Waals surface area contributed by atoms with Crippen molar-refractivity contribution in [3.05, 3.63) is 0 Å². The first-order chi connectivity index (χ1) is 5.20.